The Balaban J connectivity index is 2.34. The van der Waals surface area contributed by atoms with E-state index in [-0.39, 0.29) is 6.61 Å². The van der Waals surface area contributed by atoms with E-state index in [4.69, 9.17) is 0 Å². The van der Waals surface area contributed by atoms with E-state index in [2.05, 4.69) is 9.15 Å². The van der Waals surface area contributed by atoms with E-state index in [9.17, 15) is 14.7 Å². The fourth-order valence-corrected chi connectivity index (χ4v) is 1.26. The second kappa shape index (κ2) is 5.36. The predicted molar refractivity (Wildman–Crippen MR) is 48.3 cm³/mol. The SMILES string of the molecule is O=[N+]([O-])O[PH](=O)OCc1ccccc1. The van der Waals surface area contributed by atoms with Crippen LogP contribution in [0.15, 0.2) is 30.3 Å². The van der Waals surface area contributed by atoms with Crippen LogP contribution in [-0.4, -0.2) is 5.09 Å². The summed E-state index contributed by atoms with van der Waals surface area (Å²) in [5, 5.41) is 8.62. The summed E-state index contributed by atoms with van der Waals surface area (Å²) in [6, 6.07) is 8.89. The zero-order valence-corrected chi connectivity index (χ0v) is 8.08. The van der Waals surface area contributed by atoms with Gasteiger partial charge in [-0.05, 0) is 5.56 Å². The van der Waals surface area contributed by atoms with E-state index in [0.717, 1.165) is 5.56 Å². The molecule has 7 heteroatoms. The van der Waals surface area contributed by atoms with E-state index in [0.29, 0.717) is 0 Å². The molecule has 1 unspecified atom stereocenters. The normalized spacial score (nSPS) is 12.0. The molecule has 14 heavy (non-hydrogen) atoms. The highest BCUT2D eigenvalue weighted by Gasteiger charge is 2.04. The zero-order chi connectivity index (χ0) is 10.4. The molecule has 0 aliphatic carbocycles. The minimum Gasteiger partial charge on any atom is -0.307 e. The van der Waals surface area contributed by atoms with Gasteiger partial charge in [-0.2, -0.15) is 0 Å². The summed E-state index contributed by atoms with van der Waals surface area (Å²) in [7, 11) is -3.04. The summed E-state index contributed by atoms with van der Waals surface area (Å²) in [4.78, 5) is 9.75. The minimum atomic E-state index is -3.04. The Morgan fingerprint density at radius 2 is 2.00 bits per heavy atom. The monoisotopic (exact) mass is 217 g/mol. The van der Waals surface area contributed by atoms with Crippen LogP contribution in [-0.2, 0) is 20.3 Å². The van der Waals surface area contributed by atoms with Crippen molar-refractivity contribution in [2.45, 2.75) is 6.61 Å². The van der Waals surface area contributed by atoms with Gasteiger partial charge in [-0.1, -0.05) is 30.3 Å². The Morgan fingerprint density at radius 1 is 1.36 bits per heavy atom. The average Bonchev–Trinajstić information content (AvgIpc) is 2.15. The molecule has 6 nitrogen and oxygen atoms in total. The lowest BCUT2D eigenvalue weighted by Gasteiger charge is -2.01. The molecule has 1 rings (SSSR count). The van der Waals surface area contributed by atoms with Crippen molar-refractivity contribution in [1.82, 2.24) is 0 Å². The first-order chi connectivity index (χ1) is 6.68. The Bertz CT molecular complexity index is 328. The van der Waals surface area contributed by atoms with Crippen LogP contribution in [0.25, 0.3) is 0 Å². The topological polar surface area (TPSA) is 78.7 Å². The number of hydrogen-bond acceptors (Lipinski definition) is 5. The average molecular weight is 217 g/mol. The first kappa shape index (κ1) is 10.7. The van der Waals surface area contributed by atoms with Crippen molar-refractivity contribution in [3.8, 4) is 0 Å². The molecule has 0 saturated carbocycles. The first-order valence-corrected chi connectivity index (χ1v) is 4.94. The van der Waals surface area contributed by atoms with Crippen molar-refractivity contribution < 1.29 is 18.8 Å². The minimum absolute atomic E-state index is 0.0342. The summed E-state index contributed by atoms with van der Waals surface area (Å²) in [6.45, 7) is 0.0342. The standard InChI is InChI=1S/C7H8NO5P/c9-8(10)13-14(11)12-6-7-4-2-1-3-5-7/h1-5,14H,6H2. The molecule has 0 aliphatic heterocycles. The third-order valence-electron chi connectivity index (χ3n) is 1.35. The van der Waals surface area contributed by atoms with Crippen LogP contribution in [0, 0.1) is 10.1 Å². The van der Waals surface area contributed by atoms with Crippen LogP contribution in [0.4, 0.5) is 0 Å². The summed E-state index contributed by atoms with van der Waals surface area (Å²) < 4.78 is 19.1. The van der Waals surface area contributed by atoms with Crippen molar-refractivity contribution in [2.24, 2.45) is 0 Å². The third-order valence-corrected chi connectivity index (χ3v) is 2.03. The summed E-state index contributed by atoms with van der Waals surface area (Å²) in [6.07, 6.45) is 0. The van der Waals surface area contributed by atoms with E-state index in [1.807, 2.05) is 6.07 Å². The maximum Gasteiger partial charge on any atom is 0.360 e. The molecular weight excluding hydrogens is 209 g/mol. The van der Waals surface area contributed by atoms with Crippen LogP contribution in [0.5, 0.6) is 0 Å². The van der Waals surface area contributed by atoms with E-state index in [1.54, 1.807) is 24.3 Å². The molecule has 0 saturated heterocycles. The van der Waals surface area contributed by atoms with E-state index >= 15 is 0 Å². The number of rotatable bonds is 5. The Morgan fingerprint density at radius 3 is 2.57 bits per heavy atom. The molecule has 0 spiro atoms. The van der Waals surface area contributed by atoms with Gasteiger partial charge in [0.25, 0.3) is 0 Å². The quantitative estimate of drug-likeness (QED) is 0.426. The first-order valence-electron chi connectivity index (χ1n) is 3.71. The molecule has 0 amide bonds. The van der Waals surface area contributed by atoms with Gasteiger partial charge in [-0.3, -0.25) is 4.57 Å². The number of hydrogen-bond donors (Lipinski definition) is 0. The molecule has 0 radical (unpaired) electrons. The highest BCUT2D eigenvalue weighted by molar-refractivity contribution is 7.33. The van der Waals surface area contributed by atoms with Crippen molar-refractivity contribution in [1.29, 1.82) is 0 Å². The Kier molecular flexibility index (Phi) is 4.10. The molecule has 0 fully saturated rings. The molecule has 0 aromatic heterocycles. The smallest absolute Gasteiger partial charge is 0.307 e. The van der Waals surface area contributed by atoms with Gasteiger partial charge < -0.3 is 4.52 Å². The van der Waals surface area contributed by atoms with Crippen molar-refractivity contribution in [3.05, 3.63) is 46.0 Å². The van der Waals surface area contributed by atoms with E-state index in [1.165, 1.54) is 0 Å². The van der Waals surface area contributed by atoms with E-state index < -0.39 is 13.3 Å². The molecule has 1 atom stereocenters. The molecule has 76 valence electrons. The van der Waals surface area contributed by atoms with Gasteiger partial charge in [0.1, 0.15) is 0 Å². The lowest BCUT2D eigenvalue weighted by atomic mass is 10.2. The maximum atomic E-state index is 10.7. The lowest BCUT2D eigenvalue weighted by Crippen LogP contribution is -1.94. The summed E-state index contributed by atoms with van der Waals surface area (Å²) in [5.74, 6) is 0. The lowest BCUT2D eigenvalue weighted by molar-refractivity contribution is -0.714. The van der Waals surface area contributed by atoms with Gasteiger partial charge in [0, 0.05) is 0 Å². The molecule has 0 bridgehead atoms. The highest BCUT2D eigenvalue weighted by atomic mass is 31.1. The van der Waals surface area contributed by atoms with Gasteiger partial charge in [-0.15, -0.1) is 10.1 Å². The van der Waals surface area contributed by atoms with Gasteiger partial charge in [0.05, 0.1) is 6.61 Å². The van der Waals surface area contributed by atoms with Crippen LogP contribution in [0.2, 0.25) is 0 Å². The third kappa shape index (κ3) is 4.02. The largest absolute Gasteiger partial charge is 0.360 e. The number of nitrogens with zero attached hydrogens (tertiary/aromatic N) is 1. The summed E-state index contributed by atoms with van der Waals surface area (Å²) in [5.41, 5.74) is 0.776. The highest BCUT2D eigenvalue weighted by Crippen LogP contribution is 2.25. The predicted octanol–water partition coefficient (Wildman–Crippen LogP) is 1.80. The Labute approximate surface area is 80.5 Å². The van der Waals surface area contributed by atoms with Crippen molar-refractivity contribution in [2.75, 3.05) is 0 Å². The molecule has 1 aromatic rings. The molecule has 0 N–H and O–H groups in total. The van der Waals surface area contributed by atoms with Gasteiger partial charge in [0.2, 0.25) is 0 Å². The molecule has 0 heterocycles. The van der Waals surface area contributed by atoms with Crippen molar-refractivity contribution >= 4 is 8.25 Å². The molecule has 0 aliphatic rings. The van der Waals surface area contributed by atoms with Crippen LogP contribution < -0.4 is 0 Å². The second-order valence-corrected chi connectivity index (χ2v) is 3.31. The van der Waals surface area contributed by atoms with Gasteiger partial charge >= 0.3 is 13.3 Å². The van der Waals surface area contributed by atoms with Crippen LogP contribution in [0.3, 0.4) is 0 Å². The van der Waals surface area contributed by atoms with Crippen molar-refractivity contribution in [3.63, 3.8) is 0 Å². The van der Waals surface area contributed by atoms with Crippen LogP contribution >= 0.6 is 8.25 Å². The maximum absolute atomic E-state index is 10.7. The fraction of sp³-hybridized carbons (Fsp3) is 0.143. The Hall–Kier alpha value is -1.39. The number of benzene rings is 1. The summed E-state index contributed by atoms with van der Waals surface area (Å²) >= 11 is 0. The molecular formula is C7H8NO5P. The fourth-order valence-electron chi connectivity index (χ4n) is 0.804. The molecule has 1 aromatic carbocycles. The second-order valence-electron chi connectivity index (χ2n) is 2.34. The van der Waals surface area contributed by atoms with Gasteiger partial charge in [0.15, 0.2) is 0 Å². The zero-order valence-electron chi connectivity index (χ0n) is 7.08. The van der Waals surface area contributed by atoms with Crippen LogP contribution in [0.1, 0.15) is 5.56 Å². The van der Waals surface area contributed by atoms with Gasteiger partial charge in [-0.25, -0.2) is 4.62 Å².